The Bertz CT molecular complexity index is 1750. The SMILES string of the molecule is Cl.N#Cc1c(N2CCCC(N)C2)n(-c2cccc(F)c2)c2c(=O)n(Cc3nccc4ccccc34)cnc12. The Morgan fingerprint density at radius 1 is 1.13 bits per heavy atom. The van der Waals surface area contributed by atoms with Crippen LogP contribution in [0.5, 0.6) is 0 Å². The third-order valence-electron chi connectivity index (χ3n) is 6.92. The van der Waals surface area contributed by atoms with Crippen LogP contribution in [0.15, 0.2) is 71.9 Å². The molecule has 0 radical (unpaired) electrons. The number of nitriles is 1. The van der Waals surface area contributed by atoms with Crippen molar-refractivity contribution in [1.29, 1.82) is 5.26 Å². The number of anilines is 1. The number of halogens is 2. The second-order valence-corrected chi connectivity index (χ2v) is 9.33. The standard InChI is InChI=1S/C28H24FN7O.ClH/c29-19-6-3-8-21(13-19)36-26-25(23(14-30)27(36)34-12-4-7-20(31)15-34)33-17-35(28(26)37)16-24-22-9-2-1-5-18(22)10-11-32-24;/h1-3,5-6,8-11,13,17,20H,4,7,12,15-16,31H2;1H. The highest BCUT2D eigenvalue weighted by Crippen LogP contribution is 2.34. The van der Waals surface area contributed by atoms with Crippen molar-refractivity contribution in [2.45, 2.75) is 25.4 Å². The lowest BCUT2D eigenvalue weighted by atomic mass is 10.1. The molecule has 5 aromatic rings. The Morgan fingerprint density at radius 2 is 1.97 bits per heavy atom. The van der Waals surface area contributed by atoms with E-state index in [1.54, 1.807) is 22.9 Å². The highest BCUT2D eigenvalue weighted by atomic mass is 35.5. The quantitative estimate of drug-likeness (QED) is 0.375. The van der Waals surface area contributed by atoms with Gasteiger partial charge in [-0.3, -0.25) is 18.9 Å². The highest BCUT2D eigenvalue weighted by Gasteiger charge is 2.29. The molecule has 38 heavy (non-hydrogen) atoms. The number of nitrogens with two attached hydrogens (primary N) is 1. The molecule has 0 aliphatic carbocycles. The summed E-state index contributed by atoms with van der Waals surface area (Å²) in [6, 6.07) is 18.0. The van der Waals surface area contributed by atoms with Crippen molar-refractivity contribution in [1.82, 2.24) is 19.1 Å². The van der Waals surface area contributed by atoms with Gasteiger partial charge >= 0.3 is 0 Å². The molecule has 2 aromatic carbocycles. The van der Waals surface area contributed by atoms with Gasteiger partial charge < -0.3 is 10.6 Å². The molecule has 1 fully saturated rings. The molecule has 0 amide bonds. The van der Waals surface area contributed by atoms with Crippen LogP contribution in [0.1, 0.15) is 24.1 Å². The fraction of sp³-hybridized carbons (Fsp3) is 0.214. The number of benzene rings is 2. The van der Waals surface area contributed by atoms with Crippen LogP contribution in [0.2, 0.25) is 0 Å². The zero-order chi connectivity index (χ0) is 25.5. The Kier molecular flexibility index (Phi) is 6.85. The van der Waals surface area contributed by atoms with E-state index in [1.807, 2.05) is 35.2 Å². The molecular weight excluding hydrogens is 505 g/mol. The summed E-state index contributed by atoms with van der Waals surface area (Å²) in [6.45, 7) is 1.39. The van der Waals surface area contributed by atoms with Crippen LogP contribution in [-0.2, 0) is 6.54 Å². The monoisotopic (exact) mass is 529 g/mol. The topological polar surface area (TPSA) is 106 Å². The Morgan fingerprint density at radius 3 is 2.76 bits per heavy atom. The van der Waals surface area contributed by atoms with E-state index < -0.39 is 5.82 Å². The lowest BCUT2D eigenvalue weighted by Crippen LogP contribution is -2.43. The molecule has 0 saturated carbocycles. The third-order valence-corrected chi connectivity index (χ3v) is 6.92. The minimum Gasteiger partial charge on any atom is -0.355 e. The van der Waals surface area contributed by atoms with Crippen molar-refractivity contribution < 1.29 is 4.39 Å². The van der Waals surface area contributed by atoms with E-state index in [0.29, 0.717) is 24.6 Å². The summed E-state index contributed by atoms with van der Waals surface area (Å²) < 4.78 is 17.5. The molecule has 10 heteroatoms. The largest absolute Gasteiger partial charge is 0.355 e. The van der Waals surface area contributed by atoms with E-state index in [2.05, 4.69) is 16.0 Å². The molecule has 3 aromatic heterocycles. The van der Waals surface area contributed by atoms with E-state index in [9.17, 15) is 14.4 Å². The van der Waals surface area contributed by atoms with Gasteiger partial charge in [-0.2, -0.15) is 5.26 Å². The van der Waals surface area contributed by atoms with Gasteiger partial charge in [0, 0.05) is 30.7 Å². The molecule has 4 heterocycles. The highest BCUT2D eigenvalue weighted by molar-refractivity contribution is 5.91. The Balaban J connectivity index is 0.00000294. The number of fused-ring (bicyclic) bond motifs is 2. The molecular formula is C28H25ClFN7O. The number of rotatable bonds is 4. The normalized spacial score (nSPS) is 15.4. The van der Waals surface area contributed by atoms with E-state index >= 15 is 0 Å². The van der Waals surface area contributed by atoms with Crippen molar-refractivity contribution in [3.8, 4) is 11.8 Å². The zero-order valence-electron chi connectivity index (χ0n) is 20.4. The lowest BCUT2D eigenvalue weighted by molar-refractivity contribution is 0.501. The van der Waals surface area contributed by atoms with Crippen molar-refractivity contribution in [3.63, 3.8) is 0 Å². The van der Waals surface area contributed by atoms with Gasteiger partial charge in [-0.05, 0) is 42.5 Å². The maximum atomic E-state index is 14.4. The van der Waals surface area contributed by atoms with Crippen LogP contribution >= 0.6 is 12.4 Å². The molecule has 192 valence electrons. The van der Waals surface area contributed by atoms with E-state index in [-0.39, 0.29) is 47.1 Å². The Labute approximate surface area is 224 Å². The van der Waals surface area contributed by atoms with Gasteiger partial charge in [-0.1, -0.05) is 30.3 Å². The predicted octanol–water partition coefficient (Wildman–Crippen LogP) is 4.14. The summed E-state index contributed by atoms with van der Waals surface area (Å²) in [4.78, 5) is 25.1. The van der Waals surface area contributed by atoms with Gasteiger partial charge in [-0.25, -0.2) is 9.37 Å². The maximum Gasteiger partial charge on any atom is 0.278 e. The summed E-state index contributed by atoms with van der Waals surface area (Å²) in [6.07, 6.45) is 4.90. The minimum absolute atomic E-state index is 0. The number of hydrogen-bond acceptors (Lipinski definition) is 6. The number of hydrogen-bond donors (Lipinski definition) is 1. The maximum absolute atomic E-state index is 14.4. The van der Waals surface area contributed by atoms with E-state index in [0.717, 1.165) is 29.3 Å². The summed E-state index contributed by atoms with van der Waals surface area (Å²) in [7, 11) is 0. The molecule has 1 aliphatic rings. The smallest absolute Gasteiger partial charge is 0.278 e. The van der Waals surface area contributed by atoms with Crippen LogP contribution in [0, 0.1) is 17.1 Å². The summed E-state index contributed by atoms with van der Waals surface area (Å²) in [5.41, 5.74) is 7.88. The van der Waals surface area contributed by atoms with E-state index in [1.165, 1.54) is 23.0 Å². The molecule has 0 bridgehead atoms. The third kappa shape index (κ3) is 4.28. The van der Waals surface area contributed by atoms with Gasteiger partial charge in [0.05, 0.1) is 24.3 Å². The molecule has 1 aliphatic heterocycles. The van der Waals surface area contributed by atoms with Crippen molar-refractivity contribution in [2.24, 2.45) is 5.73 Å². The first-order valence-electron chi connectivity index (χ1n) is 12.2. The average Bonchev–Trinajstić information content (AvgIpc) is 3.25. The number of piperidine rings is 1. The first-order valence-corrected chi connectivity index (χ1v) is 12.2. The molecule has 1 unspecified atom stereocenters. The second kappa shape index (κ2) is 10.2. The molecule has 6 rings (SSSR count). The van der Waals surface area contributed by atoms with Crippen LogP contribution in [0.25, 0.3) is 27.5 Å². The van der Waals surface area contributed by atoms with Crippen molar-refractivity contribution >= 4 is 40.0 Å². The van der Waals surface area contributed by atoms with Gasteiger partial charge in [0.2, 0.25) is 0 Å². The zero-order valence-corrected chi connectivity index (χ0v) is 21.2. The van der Waals surface area contributed by atoms with Gasteiger partial charge in [0.1, 0.15) is 34.3 Å². The van der Waals surface area contributed by atoms with E-state index in [4.69, 9.17) is 5.73 Å². The van der Waals surface area contributed by atoms with Crippen LogP contribution in [0.4, 0.5) is 10.2 Å². The predicted molar refractivity (Wildman–Crippen MR) is 148 cm³/mol. The average molecular weight is 530 g/mol. The van der Waals surface area contributed by atoms with Gasteiger partial charge in [0.25, 0.3) is 5.56 Å². The minimum atomic E-state index is -0.441. The number of aromatic nitrogens is 4. The second-order valence-electron chi connectivity index (χ2n) is 9.33. The van der Waals surface area contributed by atoms with Crippen molar-refractivity contribution in [2.75, 3.05) is 18.0 Å². The summed E-state index contributed by atoms with van der Waals surface area (Å²) in [5.74, 6) is 0.0761. The van der Waals surface area contributed by atoms with Crippen LogP contribution in [0.3, 0.4) is 0 Å². The van der Waals surface area contributed by atoms with Gasteiger partial charge in [-0.15, -0.1) is 12.4 Å². The molecule has 1 atom stereocenters. The summed E-state index contributed by atoms with van der Waals surface area (Å²) in [5, 5.41) is 12.2. The molecule has 1 saturated heterocycles. The van der Waals surface area contributed by atoms with Crippen LogP contribution < -0.4 is 16.2 Å². The fourth-order valence-electron chi connectivity index (χ4n) is 5.24. The summed E-state index contributed by atoms with van der Waals surface area (Å²) >= 11 is 0. The number of pyridine rings is 1. The number of nitrogens with zero attached hydrogens (tertiary/aromatic N) is 6. The molecule has 8 nitrogen and oxygen atoms in total. The lowest BCUT2D eigenvalue weighted by Gasteiger charge is -2.33. The molecule has 0 spiro atoms. The Hall–Kier alpha value is -4.26. The molecule has 2 N–H and O–H groups in total. The van der Waals surface area contributed by atoms with Crippen LogP contribution in [-0.4, -0.2) is 38.2 Å². The van der Waals surface area contributed by atoms with Crippen molar-refractivity contribution in [3.05, 3.63) is 94.5 Å². The fourth-order valence-corrected chi connectivity index (χ4v) is 5.24. The first-order chi connectivity index (χ1) is 18.0. The first kappa shape index (κ1) is 25.4. The van der Waals surface area contributed by atoms with Gasteiger partial charge in [0.15, 0.2) is 0 Å².